The zero-order valence-corrected chi connectivity index (χ0v) is 14.8. The van der Waals surface area contributed by atoms with Gasteiger partial charge in [0.25, 0.3) is 11.8 Å². The van der Waals surface area contributed by atoms with E-state index < -0.39 is 11.7 Å². The summed E-state index contributed by atoms with van der Waals surface area (Å²) in [5.41, 5.74) is 1.29. The molecular weight excluding hydrogens is 359 g/mol. The summed E-state index contributed by atoms with van der Waals surface area (Å²) < 4.78 is 14.1. The van der Waals surface area contributed by atoms with Crippen LogP contribution >= 0.6 is 24.0 Å². The van der Waals surface area contributed by atoms with Gasteiger partial charge in [0, 0.05) is 12.6 Å². The number of nitrogens with zero attached hydrogens (tertiary/aromatic N) is 1. The third-order valence-corrected chi connectivity index (χ3v) is 5.06. The Morgan fingerprint density at radius 3 is 2.48 bits per heavy atom. The maximum absolute atomic E-state index is 13.6. The maximum atomic E-state index is 13.6. The number of anilines is 1. The average molecular weight is 372 g/mol. The summed E-state index contributed by atoms with van der Waals surface area (Å²) in [6, 6.07) is 12.7. The van der Waals surface area contributed by atoms with E-state index in [0.717, 1.165) is 5.56 Å². The summed E-state index contributed by atoms with van der Waals surface area (Å²) in [6.45, 7) is 0. The highest BCUT2D eigenvalue weighted by atomic mass is 32.2. The van der Waals surface area contributed by atoms with Gasteiger partial charge in [-0.15, -0.1) is 0 Å². The molecule has 1 N–H and O–H groups in total. The second kappa shape index (κ2) is 7.16. The number of amides is 2. The van der Waals surface area contributed by atoms with Gasteiger partial charge in [-0.2, -0.15) is 0 Å². The van der Waals surface area contributed by atoms with Crippen LogP contribution < -0.4 is 5.32 Å². The molecule has 1 fully saturated rings. The van der Waals surface area contributed by atoms with E-state index in [2.05, 4.69) is 5.32 Å². The van der Waals surface area contributed by atoms with Crippen LogP contribution in [0.5, 0.6) is 0 Å². The standard InChI is InChI=1S/C18H13FN2O2S2/c1-21-17(23)15(25-18(21)24)10-11-6-8-12(9-7-11)16(22)20-14-5-3-2-4-13(14)19/h2-10H,1H3,(H,20,22)/b15-10-. The van der Waals surface area contributed by atoms with Crippen LogP contribution in [-0.2, 0) is 4.79 Å². The fourth-order valence-corrected chi connectivity index (χ4v) is 3.36. The summed E-state index contributed by atoms with van der Waals surface area (Å²) >= 11 is 6.32. The maximum Gasteiger partial charge on any atom is 0.265 e. The van der Waals surface area contributed by atoms with Crippen LogP contribution in [0.25, 0.3) is 6.08 Å². The number of carbonyl (C=O) groups excluding carboxylic acids is 2. The highest BCUT2D eigenvalue weighted by molar-refractivity contribution is 8.26. The Hall–Kier alpha value is -2.51. The summed E-state index contributed by atoms with van der Waals surface area (Å²) in [5, 5.41) is 2.53. The first-order valence-electron chi connectivity index (χ1n) is 7.33. The molecule has 4 nitrogen and oxygen atoms in total. The molecule has 126 valence electrons. The monoisotopic (exact) mass is 372 g/mol. The molecule has 0 saturated carbocycles. The van der Waals surface area contributed by atoms with Crippen molar-refractivity contribution >= 4 is 51.9 Å². The second-order valence-electron chi connectivity index (χ2n) is 5.30. The molecule has 0 aromatic heterocycles. The molecule has 0 unspecified atom stereocenters. The van der Waals surface area contributed by atoms with Crippen molar-refractivity contribution in [3.63, 3.8) is 0 Å². The molecule has 0 spiro atoms. The van der Waals surface area contributed by atoms with Crippen molar-refractivity contribution in [2.24, 2.45) is 0 Å². The van der Waals surface area contributed by atoms with Crippen LogP contribution in [0.15, 0.2) is 53.4 Å². The van der Waals surface area contributed by atoms with E-state index >= 15 is 0 Å². The number of para-hydroxylation sites is 1. The van der Waals surface area contributed by atoms with E-state index in [9.17, 15) is 14.0 Å². The predicted molar refractivity (Wildman–Crippen MR) is 102 cm³/mol. The van der Waals surface area contributed by atoms with Gasteiger partial charge >= 0.3 is 0 Å². The van der Waals surface area contributed by atoms with Crippen LogP contribution in [0.4, 0.5) is 10.1 Å². The molecule has 0 aliphatic carbocycles. The smallest absolute Gasteiger partial charge is 0.265 e. The van der Waals surface area contributed by atoms with Gasteiger partial charge in [0.15, 0.2) is 0 Å². The number of hydrogen-bond acceptors (Lipinski definition) is 4. The SMILES string of the molecule is CN1C(=O)/C(=C/c2ccc(C(=O)Nc3ccccc3F)cc2)SC1=S. The molecule has 1 aliphatic heterocycles. The topological polar surface area (TPSA) is 49.4 Å². The van der Waals surface area contributed by atoms with E-state index in [4.69, 9.17) is 12.2 Å². The molecule has 1 heterocycles. The van der Waals surface area contributed by atoms with E-state index in [1.54, 1.807) is 49.5 Å². The van der Waals surface area contributed by atoms with E-state index in [0.29, 0.717) is 14.8 Å². The van der Waals surface area contributed by atoms with Gasteiger partial charge in [0.05, 0.1) is 10.6 Å². The van der Waals surface area contributed by atoms with Gasteiger partial charge in [-0.1, -0.05) is 48.2 Å². The minimum absolute atomic E-state index is 0.128. The van der Waals surface area contributed by atoms with Gasteiger partial charge < -0.3 is 5.32 Å². The summed E-state index contributed by atoms with van der Waals surface area (Å²) in [6.07, 6.45) is 1.72. The lowest BCUT2D eigenvalue weighted by molar-refractivity contribution is -0.121. The van der Waals surface area contributed by atoms with Crippen molar-refractivity contribution in [2.75, 3.05) is 12.4 Å². The van der Waals surface area contributed by atoms with Crippen molar-refractivity contribution in [1.82, 2.24) is 4.90 Å². The van der Waals surface area contributed by atoms with Crippen LogP contribution in [-0.4, -0.2) is 28.1 Å². The Morgan fingerprint density at radius 2 is 1.88 bits per heavy atom. The summed E-state index contributed by atoms with van der Waals surface area (Å²) in [5.74, 6) is -1.04. The van der Waals surface area contributed by atoms with Crippen molar-refractivity contribution in [3.8, 4) is 0 Å². The normalized spacial score (nSPS) is 15.8. The Bertz CT molecular complexity index is 894. The van der Waals surface area contributed by atoms with Gasteiger partial charge in [0.2, 0.25) is 0 Å². The summed E-state index contributed by atoms with van der Waals surface area (Å²) in [4.78, 5) is 26.1. The molecular formula is C18H13FN2O2S2. The molecule has 0 bridgehead atoms. The predicted octanol–water partition coefficient (Wildman–Crippen LogP) is 3.91. The van der Waals surface area contributed by atoms with E-state index in [1.165, 1.54) is 28.8 Å². The van der Waals surface area contributed by atoms with Gasteiger partial charge in [-0.05, 0) is 35.9 Å². The Kier molecular flexibility index (Phi) is 4.96. The van der Waals surface area contributed by atoms with Gasteiger partial charge in [-0.25, -0.2) is 4.39 Å². The third kappa shape index (κ3) is 3.78. The van der Waals surface area contributed by atoms with Crippen molar-refractivity contribution in [2.45, 2.75) is 0 Å². The number of rotatable bonds is 3. The lowest BCUT2D eigenvalue weighted by Gasteiger charge is -2.06. The molecule has 7 heteroatoms. The molecule has 0 atom stereocenters. The first kappa shape index (κ1) is 17.3. The van der Waals surface area contributed by atoms with Crippen LogP contribution in [0, 0.1) is 5.82 Å². The van der Waals surface area contributed by atoms with Crippen molar-refractivity contribution < 1.29 is 14.0 Å². The first-order chi connectivity index (χ1) is 12.0. The Morgan fingerprint density at radius 1 is 1.20 bits per heavy atom. The quantitative estimate of drug-likeness (QED) is 0.656. The largest absolute Gasteiger partial charge is 0.319 e. The Balaban J connectivity index is 1.74. The Labute approximate surface area is 153 Å². The lowest BCUT2D eigenvalue weighted by Crippen LogP contribution is -2.22. The molecule has 0 radical (unpaired) electrons. The van der Waals surface area contributed by atoms with Crippen LogP contribution in [0.2, 0.25) is 0 Å². The number of hydrogen-bond donors (Lipinski definition) is 1. The fraction of sp³-hybridized carbons (Fsp3) is 0.0556. The van der Waals surface area contributed by atoms with Gasteiger partial charge in [-0.3, -0.25) is 14.5 Å². The zero-order valence-electron chi connectivity index (χ0n) is 13.2. The minimum Gasteiger partial charge on any atom is -0.319 e. The van der Waals surface area contributed by atoms with E-state index in [-0.39, 0.29) is 11.6 Å². The van der Waals surface area contributed by atoms with Gasteiger partial charge in [0.1, 0.15) is 10.1 Å². The number of halogens is 1. The molecule has 2 aromatic rings. The van der Waals surface area contributed by atoms with Crippen LogP contribution in [0.3, 0.4) is 0 Å². The van der Waals surface area contributed by atoms with E-state index in [1.807, 2.05) is 0 Å². The summed E-state index contributed by atoms with van der Waals surface area (Å²) in [7, 11) is 1.63. The zero-order chi connectivity index (χ0) is 18.0. The highest BCUT2D eigenvalue weighted by Gasteiger charge is 2.28. The second-order valence-corrected chi connectivity index (χ2v) is 6.97. The third-order valence-electron chi connectivity index (χ3n) is 3.58. The number of thiocarbonyl (C=S) groups is 1. The number of carbonyl (C=O) groups is 2. The molecule has 2 aromatic carbocycles. The molecule has 25 heavy (non-hydrogen) atoms. The number of likely N-dealkylation sites (N-methyl/N-ethyl adjacent to an activating group) is 1. The number of nitrogens with one attached hydrogen (secondary N) is 1. The molecule has 2 amide bonds. The van der Waals surface area contributed by atoms with Crippen molar-refractivity contribution in [3.05, 3.63) is 70.4 Å². The lowest BCUT2D eigenvalue weighted by atomic mass is 10.1. The molecule has 1 saturated heterocycles. The number of benzene rings is 2. The minimum atomic E-state index is -0.492. The molecule has 1 aliphatic rings. The average Bonchev–Trinajstić information content (AvgIpc) is 2.84. The highest BCUT2D eigenvalue weighted by Crippen LogP contribution is 2.31. The fourth-order valence-electron chi connectivity index (χ4n) is 2.18. The first-order valence-corrected chi connectivity index (χ1v) is 8.55. The molecule has 3 rings (SSSR count). The van der Waals surface area contributed by atoms with Crippen molar-refractivity contribution in [1.29, 1.82) is 0 Å². The number of thioether (sulfide) groups is 1. The van der Waals surface area contributed by atoms with Crippen LogP contribution in [0.1, 0.15) is 15.9 Å².